The zero-order chi connectivity index (χ0) is 31.0. The summed E-state index contributed by atoms with van der Waals surface area (Å²) in [6.45, 7) is 0. The molecule has 0 amide bonds. The molecule has 0 radical (unpaired) electrons. The molecule has 1 aromatic carbocycles. The average molecular weight is 645 g/mol. The van der Waals surface area contributed by atoms with Gasteiger partial charge < -0.3 is 0 Å². The number of aryl methyl sites for hydroxylation is 1. The standard InChI is InChI=1S/C30H28F4N6O2S2/c1-38-12-11-26(37-38)44(2,42)40(22-9-10-22)23-6-3-19-13-24-18(16-36-39(24)21-7-4-20(31)5-8-21)14-29(19,15-23)27(41)28-35-17-25(43-28)30(32,33)34/h4-5,7-8,11-13,16-17,22-23H,2-3,6,9-10,14-15H2,1H3/t23-,29-,44?/m0/s1. The van der Waals surface area contributed by atoms with Gasteiger partial charge in [-0.1, -0.05) is 5.57 Å². The maximum Gasteiger partial charge on any atom is 0.427 e. The molecule has 1 unspecified atom stereocenters. The molecule has 0 N–H and O–H groups in total. The SMILES string of the molecule is C=S(=O)(c1ccn(C)n1)N(C1CC1)[C@H]1CCC2=Cc3c(cnn3-c3ccc(F)cc3)C[C@]2(C(=O)c2ncc(C(F)(F)F)s2)C1. The van der Waals surface area contributed by atoms with Gasteiger partial charge >= 0.3 is 6.18 Å². The van der Waals surface area contributed by atoms with Crippen molar-refractivity contribution in [1.29, 1.82) is 0 Å². The van der Waals surface area contributed by atoms with Gasteiger partial charge in [0.1, 0.15) is 10.7 Å². The van der Waals surface area contributed by atoms with E-state index in [1.807, 2.05) is 10.4 Å². The highest BCUT2D eigenvalue weighted by molar-refractivity contribution is 7.98. The van der Waals surface area contributed by atoms with Crippen molar-refractivity contribution in [3.8, 4) is 5.69 Å². The first-order valence-corrected chi connectivity index (χ1v) is 16.6. The summed E-state index contributed by atoms with van der Waals surface area (Å²) in [4.78, 5) is 17.5. The van der Waals surface area contributed by atoms with E-state index in [9.17, 15) is 26.6 Å². The summed E-state index contributed by atoms with van der Waals surface area (Å²) in [7, 11) is -1.28. The average Bonchev–Trinajstić information content (AvgIpc) is 3.34. The van der Waals surface area contributed by atoms with Gasteiger partial charge in [0.05, 0.1) is 38.9 Å². The van der Waals surface area contributed by atoms with Crippen LogP contribution in [0.5, 0.6) is 0 Å². The van der Waals surface area contributed by atoms with Gasteiger partial charge in [-0.25, -0.2) is 22.6 Å². The van der Waals surface area contributed by atoms with Crippen molar-refractivity contribution < 1.29 is 26.6 Å². The summed E-state index contributed by atoms with van der Waals surface area (Å²) in [5.74, 6) is 3.26. The Morgan fingerprint density at radius 2 is 1.89 bits per heavy atom. The number of allylic oxidation sites excluding steroid dienone is 1. The molecule has 0 aliphatic heterocycles. The molecule has 0 saturated heterocycles. The lowest BCUT2D eigenvalue weighted by Gasteiger charge is -2.47. The number of aromatic nitrogens is 5. The quantitative estimate of drug-likeness (QED) is 0.146. The Hall–Kier alpha value is -3.62. The highest BCUT2D eigenvalue weighted by Gasteiger charge is 2.53. The summed E-state index contributed by atoms with van der Waals surface area (Å²) < 4.78 is 73.8. The number of halogens is 4. The molecule has 44 heavy (non-hydrogen) atoms. The lowest BCUT2D eigenvalue weighted by Crippen LogP contribution is -2.51. The van der Waals surface area contributed by atoms with Crippen LogP contribution in [0.4, 0.5) is 17.6 Å². The van der Waals surface area contributed by atoms with Gasteiger partial charge in [0.15, 0.2) is 10.0 Å². The molecule has 0 bridgehead atoms. The van der Waals surface area contributed by atoms with E-state index in [0.29, 0.717) is 41.1 Å². The Kier molecular flexibility index (Phi) is 6.75. The predicted molar refractivity (Wildman–Crippen MR) is 158 cm³/mol. The number of benzene rings is 1. The van der Waals surface area contributed by atoms with E-state index in [0.717, 1.165) is 29.7 Å². The Labute approximate surface area is 255 Å². The van der Waals surface area contributed by atoms with Gasteiger partial charge in [0.2, 0.25) is 5.78 Å². The van der Waals surface area contributed by atoms with Crippen LogP contribution in [0, 0.1) is 11.2 Å². The van der Waals surface area contributed by atoms with Crippen molar-refractivity contribution in [2.24, 2.45) is 12.5 Å². The summed E-state index contributed by atoms with van der Waals surface area (Å²) in [5, 5.41) is 9.06. The molecule has 14 heteroatoms. The van der Waals surface area contributed by atoms with Crippen molar-refractivity contribution in [3.05, 3.63) is 81.5 Å². The normalized spacial score (nSPS) is 23.1. The molecule has 3 atom stereocenters. The van der Waals surface area contributed by atoms with Crippen LogP contribution in [0.1, 0.15) is 58.0 Å². The number of thiazole rings is 1. The fourth-order valence-electron chi connectivity index (χ4n) is 6.58. The van der Waals surface area contributed by atoms with Crippen LogP contribution in [0.2, 0.25) is 0 Å². The van der Waals surface area contributed by atoms with Crippen molar-refractivity contribution in [2.45, 2.75) is 61.8 Å². The molecule has 7 rings (SSSR count). The van der Waals surface area contributed by atoms with Gasteiger partial charge in [-0.05, 0) is 86.4 Å². The van der Waals surface area contributed by atoms with Crippen LogP contribution in [0.15, 0.2) is 59.5 Å². The monoisotopic (exact) mass is 644 g/mol. The minimum atomic E-state index is -4.62. The van der Waals surface area contributed by atoms with Crippen molar-refractivity contribution >= 4 is 38.8 Å². The third kappa shape index (κ3) is 4.83. The molecule has 3 heterocycles. The van der Waals surface area contributed by atoms with Crippen LogP contribution in [-0.4, -0.2) is 56.8 Å². The maximum absolute atomic E-state index is 14.4. The van der Waals surface area contributed by atoms with Gasteiger partial charge in [-0.2, -0.15) is 23.4 Å². The van der Waals surface area contributed by atoms with Crippen molar-refractivity contribution in [3.63, 3.8) is 0 Å². The first kappa shape index (κ1) is 29.1. The topological polar surface area (TPSA) is 85.9 Å². The summed E-state index contributed by atoms with van der Waals surface area (Å²) in [6.07, 6.45) is 4.42. The van der Waals surface area contributed by atoms with Gasteiger partial charge in [-0.15, -0.1) is 11.3 Å². The van der Waals surface area contributed by atoms with Crippen LogP contribution >= 0.6 is 11.3 Å². The predicted octanol–water partition coefficient (Wildman–Crippen LogP) is 5.74. The molecule has 8 nitrogen and oxygen atoms in total. The Balaban J connectivity index is 1.32. The Morgan fingerprint density at radius 1 is 1.14 bits per heavy atom. The molecular weight excluding hydrogens is 616 g/mol. The van der Waals surface area contributed by atoms with Gasteiger partial charge in [0.25, 0.3) is 0 Å². The smallest absolute Gasteiger partial charge is 0.290 e. The Morgan fingerprint density at radius 3 is 2.52 bits per heavy atom. The van der Waals surface area contributed by atoms with Crippen molar-refractivity contribution in [2.75, 3.05) is 0 Å². The molecule has 230 valence electrons. The third-order valence-electron chi connectivity index (χ3n) is 8.74. The largest absolute Gasteiger partial charge is 0.427 e. The number of Topliss-reactive ketones (excluding diaryl/α,β-unsaturated/α-hetero) is 1. The molecule has 4 aromatic rings. The fourth-order valence-corrected chi connectivity index (χ4v) is 9.51. The van der Waals surface area contributed by atoms with E-state index < -0.39 is 32.0 Å². The molecule has 3 aromatic heterocycles. The second-order valence-electron chi connectivity index (χ2n) is 11.7. The zero-order valence-corrected chi connectivity index (χ0v) is 25.3. The minimum absolute atomic E-state index is 0.00163. The molecule has 2 saturated carbocycles. The minimum Gasteiger partial charge on any atom is -0.290 e. The van der Waals surface area contributed by atoms with E-state index in [2.05, 4.69) is 21.1 Å². The highest BCUT2D eigenvalue weighted by Crippen LogP contribution is 2.53. The van der Waals surface area contributed by atoms with E-state index in [1.165, 1.54) is 12.1 Å². The lowest BCUT2D eigenvalue weighted by molar-refractivity contribution is -0.134. The number of hydrogen-bond donors (Lipinski definition) is 0. The first-order valence-electron chi connectivity index (χ1n) is 14.1. The number of ketones is 1. The van der Waals surface area contributed by atoms with E-state index in [4.69, 9.17) is 0 Å². The number of carbonyl (C=O) groups excluding carboxylic acids is 1. The van der Waals surface area contributed by atoms with Gasteiger partial charge in [-0.3, -0.25) is 9.48 Å². The second kappa shape index (κ2) is 10.2. The molecule has 3 aliphatic carbocycles. The zero-order valence-electron chi connectivity index (χ0n) is 23.6. The highest BCUT2D eigenvalue weighted by atomic mass is 32.2. The number of carbonyl (C=O) groups is 1. The van der Waals surface area contributed by atoms with E-state index >= 15 is 0 Å². The summed E-state index contributed by atoms with van der Waals surface area (Å²) in [5.41, 5.74) is 1.65. The van der Waals surface area contributed by atoms with Crippen LogP contribution in [-0.2, 0) is 29.4 Å². The number of hydrogen-bond acceptors (Lipinski definition) is 6. The molecule has 0 spiro atoms. The maximum atomic E-state index is 14.4. The van der Waals surface area contributed by atoms with E-state index in [-0.39, 0.29) is 35.8 Å². The summed E-state index contributed by atoms with van der Waals surface area (Å²) >= 11 is 0.346. The molecule has 2 fully saturated rings. The van der Waals surface area contributed by atoms with Crippen LogP contribution < -0.4 is 0 Å². The number of fused-ring (bicyclic) bond motifs is 2. The van der Waals surface area contributed by atoms with Crippen LogP contribution in [0.3, 0.4) is 0 Å². The number of nitrogens with zero attached hydrogens (tertiary/aromatic N) is 6. The van der Waals surface area contributed by atoms with Gasteiger partial charge in [0, 0.05) is 25.3 Å². The summed E-state index contributed by atoms with van der Waals surface area (Å²) in [6, 6.07) is 7.23. The number of alkyl halides is 3. The Bertz CT molecular complexity index is 1900. The first-order chi connectivity index (χ1) is 20.9. The van der Waals surface area contributed by atoms with E-state index in [1.54, 1.807) is 47.0 Å². The van der Waals surface area contributed by atoms with Crippen LogP contribution in [0.25, 0.3) is 11.8 Å². The lowest BCUT2D eigenvalue weighted by atomic mass is 9.61. The molecular formula is C30H28F4N6O2S2. The fraction of sp³-hybridized carbons (Fsp3) is 0.367. The second-order valence-corrected chi connectivity index (χ2v) is 14.8. The van der Waals surface area contributed by atoms with Crippen molar-refractivity contribution in [1.82, 2.24) is 28.9 Å². The third-order valence-corrected chi connectivity index (χ3v) is 11.9. The number of rotatable bonds is 7. The molecule has 3 aliphatic rings.